The van der Waals surface area contributed by atoms with Gasteiger partial charge in [0.1, 0.15) is 5.56 Å². The standard InChI is InChI=1S/C12H18N2O3/c1-8-10(11(15)16)6-13-14(8)7-9-4-5-12(2,3)17-9/h6,9H,4-5,7H2,1-3H3,(H,15,16). The van der Waals surface area contributed by atoms with Crippen LogP contribution in [0.15, 0.2) is 6.20 Å². The molecule has 0 aliphatic carbocycles. The van der Waals surface area contributed by atoms with E-state index in [1.54, 1.807) is 11.6 Å². The van der Waals surface area contributed by atoms with Gasteiger partial charge in [-0.25, -0.2) is 4.79 Å². The summed E-state index contributed by atoms with van der Waals surface area (Å²) < 4.78 is 7.59. The SMILES string of the molecule is Cc1c(C(=O)O)cnn1CC1CCC(C)(C)O1. The van der Waals surface area contributed by atoms with Gasteiger partial charge in [0.2, 0.25) is 0 Å². The van der Waals surface area contributed by atoms with Crippen LogP contribution in [0, 0.1) is 6.92 Å². The maximum absolute atomic E-state index is 10.9. The van der Waals surface area contributed by atoms with Crippen LogP contribution in [0.3, 0.4) is 0 Å². The third-order valence-electron chi connectivity index (χ3n) is 3.26. The fraction of sp³-hybridized carbons (Fsp3) is 0.667. The second-order valence-electron chi connectivity index (χ2n) is 5.17. The molecule has 5 nitrogen and oxygen atoms in total. The third kappa shape index (κ3) is 2.49. The molecule has 5 heteroatoms. The summed E-state index contributed by atoms with van der Waals surface area (Å²) in [5.74, 6) is -0.929. The van der Waals surface area contributed by atoms with Gasteiger partial charge in [-0.05, 0) is 33.6 Å². The Labute approximate surface area is 100 Å². The molecule has 17 heavy (non-hydrogen) atoms. The summed E-state index contributed by atoms with van der Waals surface area (Å²) in [6.07, 6.45) is 3.56. The summed E-state index contributed by atoms with van der Waals surface area (Å²) in [4.78, 5) is 10.9. The van der Waals surface area contributed by atoms with Crippen molar-refractivity contribution in [3.8, 4) is 0 Å². The number of hydrogen-bond acceptors (Lipinski definition) is 3. The third-order valence-corrected chi connectivity index (χ3v) is 3.26. The summed E-state index contributed by atoms with van der Waals surface area (Å²) in [6.45, 7) is 6.55. The second kappa shape index (κ2) is 4.14. The van der Waals surface area contributed by atoms with Crippen molar-refractivity contribution in [1.82, 2.24) is 9.78 Å². The number of hydrogen-bond donors (Lipinski definition) is 1. The summed E-state index contributed by atoms with van der Waals surface area (Å²) >= 11 is 0. The smallest absolute Gasteiger partial charge is 0.339 e. The molecule has 94 valence electrons. The van der Waals surface area contributed by atoms with E-state index >= 15 is 0 Å². The molecule has 1 aromatic rings. The molecular weight excluding hydrogens is 220 g/mol. The maximum atomic E-state index is 10.9. The van der Waals surface area contributed by atoms with E-state index in [0.29, 0.717) is 12.2 Å². The molecule has 2 heterocycles. The molecule has 0 aromatic carbocycles. The normalized spacial score (nSPS) is 22.9. The summed E-state index contributed by atoms with van der Waals surface area (Å²) in [6, 6.07) is 0. The second-order valence-corrected chi connectivity index (χ2v) is 5.17. The predicted octanol–water partition coefficient (Wildman–Crippen LogP) is 1.85. The first-order valence-electron chi connectivity index (χ1n) is 5.82. The van der Waals surface area contributed by atoms with Crippen molar-refractivity contribution in [2.24, 2.45) is 0 Å². The number of aromatic carboxylic acids is 1. The van der Waals surface area contributed by atoms with Crippen LogP contribution in [0.4, 0.5) is 0 Å². The first-order chi connectivity index (χ1) is 7.89. The van der Waals surface area contributed by atoms with E-state index < -0.39 is 5.97 Å². The summed E-state index contributed by atoms with van der Waals surface area (Å²) in [5.41, 5.74) is 0.884. The molecule has 0 bridgehead atoms. The Morgan fingerprint density at radius 2 is 2.41 bits per heavy atom. The Kier molecular flexibility index (Phi) is 2.95. The highest BCUT2D eigenvalue weighted by Gasteiger charge is 2.32. The lowest BCUT2D eigenvalue weighted by Crippen LogP contribution is -2.23. The molecule has 1 atom stereocenters. The molecule has 1 aliphatic rings. The quantitative estimate of drug-likeness (QED) is 0.872. The average Bonchev–Trinajstić information content (AvgIpc) is 2.72. The van der Waals surface area contributed by atoms with Crippen LogP contribution in [-0.2, 0) is 11.3 Å². The van der Waals surface area contributed by atoms with E-state index in [1.165, 1.54) is 6.20 Å². The lowest BCUT2D eigenvalue weighted by molar-refractivity contribution is -0.0232. The molecule has 0 spiro atoms. The monoisotopic (exact) mass is 238 g/mol. The van der Waals surface area contributed by atoms with Crippen LogP contribution >= 0.6 is 0 Å². The molecule has 0 radical (unpaired) electrons. The van der Waals surface area contributed by atoms with Gasteiger partial charge < -0.3 is 9.84 Å². The van der Waals surface area contributed by atoms with E-state index in [2.05, 4.69) is 18.9 Å². The zero-order chi connectivity index (χ0) is 12.6. The lowest BCUT2D eigenvalue weighted by atomic mass is 10.1. The minimum Gasteiger partial charge on any atom is -0.478 e. The Bertz CT molecular complexity index is 437. The molecule has 0 amide bonds. The number of carboxylic acids is 1. The number of carboxylic acid groups (broad SMARTS) is 1. The van der Waals surface area contributed by atoms with Crippen molar-refractivity contribution in [3.63, 3.8) is 0 Å². The fourth-order valence-corrected chi connectivity index (χ4v) is 2.24. The highest BCUT2D eigenvalue weighted by atomic mass is 16.5. The van der Waals surface area contributed by atoms with Gasteiger partial charge in [0.25, 0.3) is 0 Å². The van der Waals surface area contributed by atoms with E-state index in [0.717, 1.165) is 12.8 Å². The van der Waals surface area contributed by atoms with E-state index in [-0.39, 0.29) is 17.3 Å². The number of rotatable bonds is 3. The molecule has 1 aromatic heterocycles. The zero-order valence-electron chi connectivity index (χ0n) is 10.4. The van der Waals surface area contributed by atoms with Crippen molar-refractivity contribution < 1.29 is 14.6 Å². The predicted molar refractivity (Wildman–Crippen MR) is 62.1 cm³/mol. The maximum Gasteiger partial charge on any atom is 0.339 e. The first kappa shape index (κ1) is 12.1. The van der Waals surface area contributed by atoms with E-state index in [1.807, 2.05) is 0 Å². The largest absolute Gasteiger partial charge is 0.478 e. The van der Waals surface area contributed by atoms with Gasteiger partial charge in [0, 0.05) is 5.69 Å². The Morgan fingerprint density at radius 1 is 1.71 bits per heavy atom. The van der Waals surface area contributed by atoms with Gasteiger partial charge in [-0.15, -0.1) is 0 Å². The van der Waals surface area contributed by atoms with Gasteiger partial charge >= 0.3 is 5.97 Å². The number of carbonyl (C=O) groups is 1. The molecule has 2 rings (SSSR count). The van der Waals surface area contributed by atoms with Gasteiger partial charge in [-0.3, -0.25) is 4.68 Å². The highest BCUT2D eigenvalue weighted by Crippen LogP contribution is 2.30. The summed E-state index contributed by atoms with van der Waals surface area (Å²) in [7, 11) is 0. The Hall–Kier alpha value is -1.36. The minimum atomic E-state index is -0.929. The van der Waals surface area contributed by atoms with Crippen LogP contribution in [-0.4, -0.2) is 32.6 Å². The summed E-state index contributed by atoms with van der Waals surface area (Å²) in [5, 5.41) is 13.0. The molecule has 1 unspecified atom stereocenters. The topological polar surface area (TPSA) is 64.3 Å². The van der Waals surface area contributed by atoms with Crippen LogP contribution in [0.1, 0.15) is 42.7 Å². The zero-order valence-corrected chi connectivity index (χ0v) is 10.4. The van der Waals surface area contributed by atoms with E-state index in [4.69, 9.17) is 9.84 Å². The van der Waals surface area contributed by atoms with Gasteiger partial charge in [0.05, 0.1) is 24.4 Å². The molecule has 1 saturated heterocycles. The molecule has 1 N–H and O–H groups in total. The van der Waals surface area contributed by atoms with Crippen molar-refractivity contribution in [2.45, 2.75) is 51.9 Å². The van der Waals surface area contributed by atoms with Crippen LogP contribution in [0.5, 0.6) is 0 Å². The molecule has 1 aliphatic heterocycles. The lowest BCUT2D eigenvalue weighted by Gasteiger charge is -2.19. The van der Waals surface area contributed by atoms with Gasteiger partial charge in [-0.2, -0.15) is 5.10 Å². The van der Waals surface area contributed by atoms with Gasteiger partial charge in [-0.1, -0.05) is 0 Å². The fourth-order valence-electron chi connectivity index (χ4n) is 2.24. The number of ether oxygens (including phenoxy) is 1. The Morgan fingerprint density at radius 3 is 2.88 bits per heavy atom. The van der Waals surface area contributed by atoms with Crippen molar-refractivity contribution in [3.05, 3.63) is 17.5 Å². The first-order valence-corrected chi connectivity index (χ1v) is 5.82. The average molecular weight is 238 g/mol. The van der Waals surface area contributed by atoms with Crippen molar-refractivity contribution in [2.75, 3.05) is 0 Å². The van der Waals surface area contributed by atoms with Crippen LogP contribution in [0.25, 0.3) is 0 Å². The molecule has 0 saturated carbocycles. The Balaban J connectivity index is 2.08. The highest BCUT2D eigenvalue weighted by molar-refractivity contribution is 5.88. The van der Waals surface area contributed by atoms with Crippen molar-refractivity contribution in [1.29, 1.82) is 0 Å². The molecule has 1 fully saturated rings. The molecular formula is C12H18N2O3. The van der Waals surface area contributed by atoms with Crippen LogP contribution < -0.4 is 0 Å². The van der Waals surface area contributed by atoms with Crippen LogP contribution in [0.2, 0.25) is 0 Å². The van der Waals surface area contributed by atoms with E-state index in [9.17, 15) is 4.79 Å². The van der Waals surface area contributed by atoms with Gasteiger partial charge in [0.15, 0.2) is 0 Å². The van der Waals surface area contributed by atoms with Crippen molar-refractivity contribution >= 4 is 5.97 Å². The minimum absolute atomic E-state index is 0.0681. The number of aromatic nitrogens is 2. The number of nitrogens with zero attached hydrogens (tertiary/aromatic N) is 2.